The van der Waals surface area contributed by atoms with Gasteiger partial charge in [0.05, 0.1) is 19.8 Å². The number of benzene rings is 1. The lowest BCUT2D eigenvalue weighted by Gasteiger charge is -2.43. The van der Waals surface area contributed by atoms with Crippen molar-refractivity contribution < 1.29 is 14.6 Å². The summed E-state index contributed by atoms with van der Waals surface area (Å²) >= 11 is 0. The van der Waals surface area contributed by atoms with Gasteiger partial charge >= 0.3 is 0 Å². The lowest BCUT2D eigenvalue weighted by Crippen LogP contribution is -2.58. The molecule has 1 amide bonds. The van der Waals surface area contributed by atoms with Crippen LogP contribution < -0.4 is 4.90 Å². The number of fused-ring (bicyclic) bond motifs is 1. The highest BCUT2D eigenvalue weighted by Crippen LogP contribution is 2.34. The minimum absolute atomic E-state index is 0.00315. The van der Waals surface area contributed by atoms with Gasteiger partial charge in [0.1, 0.15) is 5.41 Å². The fourth-order valence-electron chi connectivity index (χ4n) is 2.66. The molecule has 0 aromatic heterocycles. The van der Waals surface area contributed by atoms with Crippen molar-refractivity contribution >= 4 is 11.6 Å². The minimum atomic E-state index is -0.704. The molecule has 1 fully saturated rings. The van der Waals surface area contributed by atoms with Crippen LogP contribution in [0.3, 0.4) is 0 Å². The Bertz CT molecular complexity index is 462. The maximum Gasteiger partial charge on any atom is 0.240 e. The van der Waals surface area contributed by atoms with Gasteiger partial charge in [-0.25, -0.2) is 0 Å². The Balaban J connectivity index is 1.92. The van der Waals surface area contributed by atoms with Crippen molar-refractivity contribution in [3.63, 3.8) is 0 Å². The molecular formula is C14H17NO3. The average molecular weight is 247 g/mol. The molecule has 0 aliphatic carbocycles. The summed E-state index contributed by atoms with van der Waals surface area (Å²) in [6.45, 7) is 1.27. The van der Waals surface area contributed by atoms with Gasteiger partial charge < -0.3 is 14.7 Å². The molecule has 4 nitrogen and oxygen atoms in total. The van der Waals surface area contributed by atoms with Crippen molar-refractivity contribution in [2.45, 2.75) is 12.8 Å². The number of carbonyl (C=O) groups is 1. The van der Waals surface area contributed by atoms with E-state index in [1.807, 2.05) is 23.1 Å². The summed E-state index contributed by atoms with van der Waals surface area (Å²) in [4.78, 5) is 14.4. The number of ether oxygens (including phenoxy) is 1. The average Bonchev–Trinajstić information content (AvgIpc) is 2.37. The smallest absolute Gasteiger partial charge is 0.240 e. The zero-order valence-corrected chi connectivity index (χ0v) is 10.3. The van der Waals surface area contributed by atoms with E-state index in [9.17, 15) is 9.90 Å². The quantitative estimate of drug-likeness (QED) is 0.847. The van der Waals surface area contributed by atoms with E-state index in [0.717, 1.165) is 25.1 Å². The Morgan fingerprint density at radius 2 is 2.17 bits per heavy atom. The van der Waals surface area contributed by atoms with Crippen LogP contribution in [0.5, 0.6) is 0 Å². The first-order valence-electron chi connectivity index (χ1n) is 6.35. The van der Waals surface area contributed by atoms with Crippen molar-refractivity contribution in [2.24, 2.45) is 5.41 Å². The second kappa shape index (κ2) is 4.37. The number of amides is 1. The summed E-state index contributed by atoms with van der Waals surface area (Å²) in [7, 11) is 0. The van der Waals surface area contributed by atoms with Crippen LogP contribution in [0.25, 0.3) is 0 Å². The van der Waals surface area contributed by atoms with Crippen LogP contribution in [-0.4, -0.2) is 37.4 Å². The normalized spacial score (nSPS) is 21.1. The number of anilines is 1. The second-order valence-electron chi connectivity index (χ2n) is 5.12. The molecule has 1 aromatic carbocycles. The van der Waals surface area contributed by atoms with Gasteiger partial charge in [0.15, 0.2) is 0 Å². The van der Waals surface area contributed by atoms with Gasteiger partial charge in [-0.05, 0) is 24.5 Å². The molecule has 0 saturated carbocycles. The van der Waals surface area contributed by atoms with Crippen LogP contribution in [-0.2, 0) is 16.0 Å². The Morgan fingerprint density at radius 1 is 1.39 bits per heavy atom. The van der Waals surface area contributed by atoms with E-state index in [1.165, 1.54) is 5.56 Å². The minimum Gasteiger partial charge on any atom is -0.395 e. The third-order valence-corrected chi connectivity index (χ3v) is 3.87. The lowest BCUT2D eigenvalue weighted by molar-refractivity contribution is -0.167. The molecule has 2 aliphatic rings. The molecule has 0 spiro atoms. The third kappa shape index (κ3) is 1.64. The van der Waals surface area contributed by atoms with Crippen LogP contribution in [0.4, 0.5) is 5.69 Å². The first-order chi connectivity index (χ1) is 8.77. The highest BCUT2D eigenvalue weighted by atomic mass is 16.5. The number of rotatable bonds is 2. The first kappa shape index (κ1) is 11.7. The molecular weight excluding hydrogens is 230 g/mol. The third-order valence-electron chi connectivity index (χ3n) is 3.87. The summed E-state index contributed by atoms with van der Waals surface area (Å²) in [5.41, 5.74) is 1.50. The Hall–Kier alpha value is -1.39. The molecule has 0 unspecified atom stereocenters. The highest BCUT2D eigenvalue weighted by molar-refractivity contribution is 5.99. The molecule has 0 bridgehead atoms. The van der Waals surface area contributed by atoms with Gasteiger partial charge in [-0.3, -0.25) is 4.79 Å². The number of aliphatic hydroxyl groups is 1. The fourth-order valence-corrected chi connectivity index (χ4v) is 2.66. The molecule has 0 atom stereocenters. The molecule has 2 aliphatic heterocycles. The first-order valence-corrected chi connectivity index (χ1v) is 6.35. The number of hydrogen-bond acceptors (Lipinski definition) is 3. The SMILES string of the molecule is O=C(N1CCCc2ccccc21)C1(CO)COC1. The number of aliphatic hydroxyl groups excluding tert-OH is 1. The van der Waals surface area contributed by atoms with E-state index in [4.69, 9.17) is 4.74 Å². The topological polar surface area (TPSA) is 49.8 Å². The molecule has 0 radical (unpaired) electrons. The van der Waals surface area contributed by atoms with Gasteiger partial charge in [0, 0.05) is 12.2 Å². The van der Waals surface area contributed by atoms with E-state index in [2.05, 4.69) is 6.07 Å². The molecule has 2 heterocycles. The van der Waals surface area contributed by atoms with Gasteiger partial charge in [0.2, 0.25) is 5.91 Å². The molecule has 96 valence electrons. The van der Waals surface area contributed by atoms with Gasteiger partial charge in [-0.2, -0.15) is 0 Å². The standard InChI is InChI=1S/C14H17NO3/c16-8-14(9-18-10-14)13(17)15-7-3-5-11-4-1-2-6-12(11)15/h1-2,4,6,16H,3,5,7-10H2. The Kier molecular flexibility index (Phi) is 2.84. The number of aryl methyl sites for hydroxylation is 1. The number of hydrogen-bond donors (Lipinski definition) is 1. The summed E-state index contributed by atoms with van der Waals surface area (Å²) in [5.74, 6) is 0.00315. The zero-order valence-electron chi connectivity index (χ0n) is 10.3. The van der Waals surface area contributed by atoms with E-state index >= 15 is 0 Å². The molecule has 18 heavy (non-hydrogen) atoms. The van der Waals surface area contributed by atoms with Gasteiger partial charge in [-0.15, -0.1) is 0 Å². The van der Waals surface area contributed by atoms with Crippen LogP contribution in [0.2, 0.25) is 0 Å². The molecule has 1 saturated heterocycles. The van der Waals surface area contributed by atoms with E-state index in [-0.39, 0.29) is 12.5 Å². The van der Waals surface area contributed by atoms with Crippen molar-refractivity contribution in [3.05, 3.63) is 29.8 Å². The van der Waals surface area contributed by atoms with Crippen LogP contribution in [0, 0.1) is 5.41 Å². The Labute approximate surface area is 106 Å². The molecule has 3 rings (SSSR count). The van der Waals surface area contributed by atoms with Crippen molar-refractivity contribution in [1.82, 2.24) is 0 Å². The zero-order chi connectivity index (χ0) is 12.6. The van der Waals surface area contributed by atoms with Crippen molar-refractivity contribution in [3.8, 4) is 0 Å². The van der Waals surface area contributed by atoms with Crippen molar-refractivity contribution in [2.75, 3.05) is 31.3 Å². The summed E-state index contributed by atoms with van der Waals surface area (Å²) in [6, 6.07) is 8.00. The van der Waals surface area contributed by atoms with Gasteiger partial charge in [-0.1, -0.05) is 18.2 Å². The van der Waals surface area contributed by atoms with Crippen molar-refractivity contribution in [1.29, 1.82) is 0 Å². The predicted octanol–water partition coefficient (Wildman–Crippen LogP) is 0.975. The van der Waals surface area contributed by atoms with E-state index in [1.54, 1.807) is 0 Å². The summed E-state index contributed by atoms with van der Waals surface area (Å²) in [6.07, 6.45) is 1.99. The maximum atomic E-state index is 12.6. The summed E-state index contributed by atoms with van der Waals surface area (Å²) < 4.78 is 5.12. The maximum absolute atomic E-state index is 12.6. The van der Waals surface area contributed by atoms with E-state index < -0.39 is 5.41 Å². The molecule has 4 heteroatoms. The van der Waals surface area contributed by atoms with Crippen LogP contribution in [0.15, 0.2) is 24.3 Å². The fraction of sp³-hybridized carbons (Fsp3) is 0.500. The number of para-hydroxylation sites is 1. The molecule has 1 aromatic rings. The Morgan fingerprint density at radius 3 is 2.83 bits per heavy atom. The van der Waals surface area contributed by atoms with E-state index in [0.29, 0.717) is 13.2 Å². The lowest BCUT2D eigenvalue weighted by atomic mass is 9.84. The monoisotopic (exact) mass is 247 g/mol. The van der Waals surface area contributed by atoms with Crippen LogP contribution >= 0.6 is 0 Å². The summed E-state index contributed by atoms with van der Waals surface area (Å²) in [5, 5.41) is 9.46. The molecule has 1 N–H and O–H groups in total. The van der Waals surface area contributed by atoms with Gasteiger partial charge in [0.25, 0.3) is 0 Å². The highest BCUT2D eigenvalue weighted by Gasteiger charge is 2.48. The second-order valence-corrected chi connectivity index (χ2v) is 5.12. The number of carbonyl (C=O) groups excluding carboxylic acids is 1. The number of nitrogens with zero attached hydrogens (tertiary/aromatic N) is 1. The largest absolute Gasteiger partial charge is 0.395 e. The van der Waals surface area contributed by atoms with Crippen LogP contribution in [0.1, 0.15) is 12.0 Å². The predicted molar refractivity (Wildman–Crippen MR) is 67.5 cm³/mol.